The third-order valence-corrected chi connectivity index (χ3v) is 4.77. The molecule has 0 saturated heterocycles. The molecule has 0 radical (unpaired) electrons. The second kappa shape index (κ2) is 8.83. The van der Waals surface area contributed by atoms with Crippen LogP contribution in [0.2, 0.25) is 0 Å². The minimum Gasteiger partial charge on any atom is -0.353 e. The second-order valence-corrected chi connectivity index (χ2v) is 6.63. The van der Waals surface area contributed by atoms with Gasteiger partial charge in [0.15, 0.2) is 0 Å². The highest BCUT2D eigenvalue weighted by atomic mass is 32.2. The Morgan fingerprint density at radius 1 is 1.09 bits per heavy atom. The highest BCUT2D eigenvalue weighted by molar-refractivity contribution is 8.00. The lowest BCUT2D eigenvalue weighted by Gasteiger charge is -2.11. The fraction of sp³-hybridized carbons (Fsp3) is 0.529. The average molecular weight is 320 g/mol. The Hall–Kier alpha value is -1.49. The molecule has 0 unspecified atom stereocenters. The molecule has 1 aromatic carbocycles. The summed E-state index contributed by atoms with van der Waals surface area (Å²) < 4.78 is 0. The molecule has 0 atom stereocenters. The lowest BCUT2D eigenvalue weighted by Crippen LogP contribution is -2.34. The van der Waals surface area contributed by atoms with Gasteiger partial charge < -0.3 is 10.6 Å². The topological polar surface area (TPSA) is 58.2 Å². The molecule has 2 amide bonds. The Morgan fingerprint density at radius 2 is 1.73 bits per heavy atom. The van der Waals surface area contributed by atoms with Crippen molar-refractivity contribution in [3.63, 3.8) is 0 Å². The molecular formula is C17H24N2O2S. The number of benzene rings is 1. The highest BCUT2D eigenvalue weighted by Crippen LogP contribution is 2.17. The summed E-state index contributed by atoms with van der Waals surface area (Å²) in [4.78, 5) is 23.6. The van der Waals surface area contributed by atoms with Gasteiger partial charge in [-0.05, 0) is 37.0 Å². The van der Waals surface area contributed by atoms with E-state index in [-0.39, 0.29) is 11.8 Å². The fourth-order valence-electron chi connectivity index (χ4n) is 2.60. The Bertz CT molecular complexity index is 496. The Balaban J connectivity index is 1.63. The number of carbonyl (C=O) groups is 2. The van der Waals surface area contributed by atoms with E-state index in [0.29, 0.717) is 17.5 Å². The van der Waals surface area contributed by atoms with Gasteiger partial charge in [-0.15, -0.1) is 11.8 Å². The lowest BCUT2D eigenvalue weighted by atomic mass is 10.1. The monoisotopic (exact) mass is 320 g/mol. The molecule has 0 spiro atoms. The normalized spacial score (nSPS) is 14.8. The first-order valence-electron chi connectivity index (χ1n) is 7.93. The number of hydrogen-bond acceptors (Lipinski definition) is 3. The van der Waals surface area contributed by atoms with Crippen LogP contribution < -0.4 is 10.6 Å². The summed E-state index contributed by atoms with van der Waals surface area (Å²) in [6.45, 7) is 2.10. The van der Waals surface area contributed by atoms with Gasteiger partial charge in [-0.25, -0.2) is 0 Å². The van der Waals surface area contributed by atoms with Crippen LogP contribution in [0.25, 0.3) is 0 Å². The summed E-state index contributed by atoms with van der Waals surface area (Å²) >= 11 is 1.36. The molecule has 0 bridgehead atoms. The summed E-state index contributed by atoms with van der Waals surface area (Å²) in [5.41, 5.74) is 2.05. The van der Waals surface area contributed by atoms with E-state index in [4.69, 9.17) is 0 Å². The van der Waals surface area contributed by atoms with Crippen LogP contribution in [0.3, 0.4) is 0 Å². The van der Waals surface area contributed by atoms with Crippen molar-refractivity contribution in [3.05, 3.63) is 29.8 Å². The van der Waals surface area contributed by atoms with Crippen LogP contribution in [0.15, 0.2) is 24.3 Å². The SMILES string of the molecule is CCc1ccc(NC(=O)CSCC(=O)NC2CCCC2)cc1. The zero-order valence-corrected chi connectivity index (χ0v) is 13.9. The van der Waals surface area contributed by atoms with Gasteiger partial charge in [-0.2, -0.15) is 0 Å². The number of rotatable bonds is 7. The van der Waals surface area contributed by atoms with Crippen molar-refractivity contribution in [2.45, 2.75) is 45.1 Å². The van der Waals surface area contributed by atoms with Crippen molar-refractivity contribution < 1.29 is 9.59 Å². The van der Waals surface area contributed by atoms with E-state index in [9.17, 15) is 9.59 Å². The van der Waals surface area contributed by atoms with Crippen LogP contribution >= 0.6 is 11.8 Å². The smallest absolute Gasteiger partial charge is 0.234 e. The zero-order chi connectivity index (χ0) is 15.8. The number of hydrogen-bond donors (Lipinski definition) is 2. The van der Waals surface area contributed by atoms with Gasteiger partial charge in [0, 0.05) is 11.7 Å². The first kappa shape index (κ1) is 16.9. The molecule has 1 saturated carbocycles. The molecule has 0 aliphatic heterocycles. The summed E-state index contributed by atoms with van der Waals surface area (Å²) in [5, 5.41) is 5.87. The van der Waals surface area contributed by atoms with E-state index in [1.165, 1.54) is 30.2 Å². The van der Waals surface area contributed by atoms with Crippen LogP contribution in [-0.2, 0) is 16.0 Å². The third-order valence-electron chi connectivity index (χ3n) is 3.83. The van der Waals surface area contributed by atoms with E-state index in [1.807, 2.05) is 24.3 Å². The molecular weight excluding hydrogens is 296 g/mol. The van der Waals surface area contributed by atoms with E-state index in [0.717, 1.165) is 24.9 Å². The maximum atomic E-state index is 11.8. The molecule has 1 aromatic rings. The van der Waals surface area contributed by atoms with Crippen molar-refractivity contribution in [2.75, 3.05) is 16.8 Å². The molecule has 120 valence electrons. The highest BCUT2D eigenvalue weighted by Gasteiger charge is 2.17. The van der Waals surface area contributed by atoms with E-state index >= 15 is 0 Å². The lowest BCUT2D eigenvalue weighted by molar-refractivity contribution is -0.119. The predicted molar refractivity (Wildman–Crippen MR) is 92.2 cm³/mol. The quantitative estimate of drug-likeness (QED) is 0.812. The summed E-state index contributed by atoms with van der Waals surface area (Å²) in [6, 6.07) is 8.19. The molecule has 4 nitrogen and oxygen atoms in total. The van der Waals surface area contributed by atoms with Crippen molar-refractivity contribution in [2.24, 2.45) is 0 Å². The van der Waals surface area contributed by atoms with Gasteiger partial charge in [0.2, 0.25) is 11.8 Å². The van der Waals surface area contributed by atoms with Crippen LogP contribution in [0, 0.1) is 0 Å². The standard InChI is InChI=1S/C17H24N2O2S/c1-2-13-7-9-15(10-8-13)19-17(21)12-22-11-16(20)18-14-5-3-4-6-14/h7-10,14H,2-6,11-12H2,1H3,(H,18,20)(H,19,21). The molecule has 1 aliphatic rings. The molecule has 0 aromatic heterocycles. The van der Waals surface area contributed by atoms with Gasteiger partial charge >= 0.3 is 0 Å². The maximum absolute atomic E-state index is 11.8. The minimum absolute atomic E-state index is 0.0389. The largest absolute Gasteiger partial charge is 0.353 e. The Kier molecular flexibility index (Phi) is 6.77. The van der Waals surface area contributed by atoms with Gasteiger partial charge in [0.1, 0.15) is 0 Å². The fourth-order valence-corrected chi connectivity index (χ4v) is 3.23. The number of anilines is 1. The van der Waals surface area contributed by atoms with Gasteiger partial charge in [0.25, 0.3) is 0 Å². The number of thioether (sulfide) groups is 1. The van der Waals surface area contributed by atoms with Crippen molar-refractivity contribution >= 4 is 29.3 Å². The molecule has 0 heterocycles. The maximum Gasteiger partial charge on any atom is 0.234 e. The Morgan fingerprint density at radius 3 is 2.36 bits per heavy atom. The van der Waals surface area contributed by atoms with E-state index in [1.54, 1.807) is 0 Å². The van der Waals surface area contributed by atoms with Crippen LogP contribution in [0.4, 0.5) is 5.69 Å². The van der Waals surface area contributed by atoms with Gasteiger partial charge in [0.05, 0.1) is 11.5 Å². The van der Waals surface area contributed by atoms with E-state index < -0.39 is 0 Å². The van der Waals surface area contributed by atoms with Crippen molar-refractivity contribution in [1.82, 2.24) is 5.32 Å². The number of amides is 2. The number of aryl methyl sites for hydroxylation is 1. The first-order valence-corrected chi connectivity index (χ1v) is 9.08. The molecule has 1 fully saturated rings. The molecule has 22 heavy (non-hydrogen) atoms. The van der Waals surface area contributed by atoms with Crippen LogP contribution in [-0.4, -0.2) is 29.4 Å². The summed E-state index contributed by atoms with van der Waals surface area (Å²) in [5.74, 6) is 0.617. The van der Waals surface area contributed by atoms with Crippen LogP contribution in [0.1, 0.15) is 38.2 Å². The Labute approximate surface area is 136 Å². The predicted octanol–water partition coefficient (Wildman–Crippen LogP) is 2.98. The van der Waals surface area contributed by atoms with Crippen molar-refractivity contribution in [1.29, 1.82) is 0 Å². The summed E-state index contributed by atoms with van der Waals surface area (Å²) in [7, 11) is 0. The zero-order valence-electron chi connectivity index (χ0n) is 13.1. The summed E-state index contributed by atoms with van der Waals surface area (Å²) in [6.07, 6.45) is 5.57. The first-order chi connectivity index (χ1) is 10.7. The minimum atomic E-state index is -0.0667. The third kappa shape index (κ3) is 5.72. The van der Waals surface area contributed by atoms with Gasteiger partial charge in [-0.3, -0.25) is 9.59 Å². The number of carbonyl (C=O) groups excluding carboxylic acids is 2. The van der Waals surface area contributed by atoms with Gasteiger partial charge in [-0.1, -0.05) is 31.9 Å². The molecule has 2 rings (SSSR count). The number of nitrogens with one attached hydrogen (secondary N) is 2. The van der Waals surface area contributed by atoms with Crippen LogP contribution in [0.5, 0.6) is 0 Å². The molecule has 2 N–H and O–H groups in total. The van der Waals surface area contributed by atoms with E-state index in [2.05, 4.69) is 17.6 Å². The molecule has 1 aliphatic carbocycles. The molecule has 5 heteroatoms. The van der Waals surface area contributed by atoms with Crippen molar-refractivity contribution in [3.8, 4) is 0 Å². The second-order valence-electron chi connectivity index (χ2n) is 5.64. The average Bonchev–Trinajstić information content (AvgIpc) is 3.01.